The van der Waals surface area contributed by atoms with E-state index in [1.165, 1.54) is 7.11 Å². The minimum Gasteiger partial charge on any atom is -0.465 e. The van der Waals surface area contributed by atoms with Crippen LogP contribution in [-0.2, 0) is 11.3 Å². The Labute approximate surface area is 84.9 Å². The van der Waals surface area contributed by atoms with Gasteiger partial charge in [0.1, 0.15) is 0 Å². The van der Waals surface area contributed by atoms with Crippen LogP contribution in [0.4, 0.5) is 0 Å². The Hall–Kier alpha value is -1.35. The van der Waals surface area contributed by atoms with Crippen molar-refractivity contribution in [2.24, 2.45) is 5.73 Å². The molecular weight excluding hydrogens is 178 g/mol. The Morgan fingerprint density at radius 1 is 1.29 bits per heavy atom. The van der Waals surface area contributed by atoms with Crippen LogP contribution >= 0.6 is 0 Å². The molecule has 0 aliphatic heterocycles. The third-order valence-electron chi connectivity index (χ3n) is 1.61. The third-order valence-corrected chi connectivity index (χ3v) is 1.61. The van der Waals surface area contributed by atoms with Crippen LogP contribution in [0.25, 0.3) is 0 Å². The molecule has 0 spiro atoms. The quantitative estimate of drug-likeness (QED) is 0.734. The van der Waals surface area contributed by atoms with E-state index in [9.17, 15) is 4.79 Å². The lowest BCUT2D eigenvalue weighted by Gasteiger charge is -1.99. The fourth-order valence-corrected chi connectivity index (χ4v) is 0.895. The van der Waals surface area contributed by atoms with E-state index in [1.807, 2.05) is 26.0 Å². The first-order valence-corrected chi connectivity index (χ1v) is 4.65. The summed E-state index contributed by atoms with van der Waals surface area (Å²) >= 11 is 0. The lowest BCUT2D eigenvalue weighted by molar-refractivity contribution is 0.0600. The second-order valence-electron chi connectivity index (χ2n) is 2.39. The molecule has 3 nitrogen and oxygen atoms in total. The van der Waals surface area contributed by atoms with Crippen LogP contribution in [0.3, 0.4) is 0 Å². The van der Waals surface area contributed by atoms with Gasteiger partial charge in [0.15, 0.2) is 0 Å². The van der Waals surface area contributed by atoms with Crippen LogP contribution in [0, 0.1) is 0 Å². The summed E-state index contributed by atoms with van der Waals surface area (Å²) in [6, 6.07) is 7.03. The molecule has 78 valence electrons. The number of esters is 1. The Morgan fingerprint density at radius 3 is 2.14 bits per heavy atom. The first-order chi connectivity index (χ1) is 6.77. The van der Waals surface area contributed by atoms with Crippen LogP contribution in [0.5, 0.6) is 0 Å². The van der Waals surface area contributed by atoms with E-state index in [1.54, 1.807) is 12.1 Å². The molecule has 0 unspecified atom stereocenters. The number of rotatable bonds is 2. The van der Waals surface area contributed by atoms with Crippen LogP contribution in [-0.4, -0.2) is 13.1 Å². The number of benzene rings is 1. The van der Waals surface area contributed by atoms with Crippen molar-refractivity contribution in [2.45, 2.75) is 20.4 Å². The second-order valence-corrected chi connectivity index (χ2v) is 2.39. The molecule has 1 aromatic carbocycles. The Kier molecular flexibility index (Phi) is 6.41. The lowest BCUT2D eigenvalue weighted by Crippen LogP contribution is -2.02. The summed E-state index contributed by atoms with van der Waals surface area (Å²) in [6.45, 7) is 4.49. The van der Waals surface area contributed by atoms with Crippen molar-refractivity contribution >= 4 is 5.97 Å². The molecule has 0 bridgehead atoms. The van der Waals surface area contributed by atoms with Gasteiger partial charge in [0, 0.05) is 6.54 Å². The molecule has 0 saturated heterocycles. The van der Waals surface area contributed by atoms with Crippen molar-refractivity contribution in [1.82, 2.24) is 0 Å². The number of carbonyl (C=O) groups excluding carboxylic acids is 1. The third kappa shape index (κ3) is 3.58. The summed E-state index contributed by atoms with van der Waals surface area (Å²) < 4.78 is 4.54. The van der Waals surface area contributed by atoms with Crippen LogP contribution in [0.15, 0.2) is 24.3 Å². The zero-order valence-electron chi connectivity index (χ0n) is 8.91. The van der Waals surface area contributed by atoms with Gasteiger partial charge >= 0.3 is 5.97 Å². The highest BCUT2D eigenvalue weighted by molar-refractivity contribution is 5.89. The van der Waals surface area contributed by atoms with E-state index in [4.69, 9.17) is 5.73 Å². The van der Waals surface area contributed by atoms with Gasteiger partial charge in [-0.1, -0.05) is 26.0 Å². The fraction of sp³-hybridized carbons (Fsp3) is 0.364. The minimum absolute atomic E-state index is 0.321. The smallest absolute Gasteiger partial charge is 0.337 e. The van der Waals surface area contributed by atoms with Crippen molar-refractivity contribution in [1.29, 1.82) is 0 Å². The van der Waals surface area contributed by atoms with Crippen molar-refractivity contribution in [3.63, 3.8) is 0 Å². The molecular formula is C11H17NO2. The summed E-state index contributed by atoms with van der Waals surface area (Å²) in [6.07, 6.45) is 0. The summed E-state index contributed by atoms with van der Waals surface area (Å²) in [5.74, 6) is -0.321. The van der Waals surface area contributed by atoms with Crippen LogP contribution in [0.1, 0.15) is 29.8 Å². The Morgan fingerprint density at radius 2 is 1.79 bits per heavy atom. The zero-order valence-corrected chi connectivity index (χ0v) is 8.91. The van der Waals surface area contributed by atoms with E-state index in [0.29, 0.717) is 12.1 Å². The first kappa shape index (κ1) is 12.7. The molecule has 0 amide bonds. The molecule has 0 aliphatic rings. The minimum atomic E-state index is -0.321. The predicted molar refractivity (Wildman–Crippen MR) is 57.0 cm³/mol. The van der Waals surface area contributed by atoms with Gasteiger partial charge in [0.25, 0.3) is 0 Å². The van der Waals surface area contributed by atoms with Gasteiger partial charge in [-0.25, -0.2) is 4.79 Å². The van der Waals surface area contributed by atoms with E-state index < -0.39 is 0 Å². The van der Waals surface area contributed by atoms with Gasteiger partial charge in [-0.2, -0.15) is 0 Å². The predicted octanol–water partition coefficient (Wildman–Crippen LogP) is 1.96. The van der Waals surface area contributed by atoms with Crippen molar-refractivity contribution in [3.8, 4) is 0 Å². The average Bonchev–Trinajstić information content (AvgIpc) is 2.31. The maximum absolute atomic E-state index is 11.0. The van der Waals surface area contributed by atoms with E-state index in [0.717, 1.165) is 5.56 Å². The molecule has 1 rings (SSSR count). The first-order valence-electron chi connectivity index (χ1n) is 4.65. The molecule has 0 fully saturated rings. The van der Waals surface area contributed by atoms with Crippen molar-refractivity contribution in [3.05, 3.63) is 35.4 Å². The molecule has 0 saturated carbocycles. The van der Waals surface area contributed by atoms with Gasteiger partial charge in [0.05, 0.1) is 12.7 Å². The summed E-state index contributed by atoms with van der Waals surface area (Å²) in [4.78, 5) is 11.0. The molecule has 14 heavy (non-hydrogen) atoms. The fourth-order valence-electron chi connectivity index (χ4n) is 0.895. The summed E-state index contributed by atoms with van der Waals surface area (Å²) in [7, 11) is 1.36. The number of methoxy groups -OCH3 is 1. The molecule has 0 atom stereocenters. The topological polar surface area (TPSA) is 52.3 Å². The maximum atomic E-state index is 11.0. The highest BCUT2D eigenvalue weighted by Crippen LogP contribution is 2.04. The summed E-state index contributed by atoms with van der Waals surface area (Å²) in [5, 5.41) is 0. The molecule has 3 heteroatoms. The van der Waals surface area contributed by atoms with E-state index in [-0.39, 0.29) is 5.97 Å². The molecule has 0 aromatic heterocycles. The number of ether oxygens (including phenoxy) is 1. The standard InChI is InChI=1S/C9H11NO2.C2H6/c1-12-9(11)8-4-2-7(6-10)3-5-8;1-2/h2-5H,6,10H2,1H3;1-2H3. The van der Waals surface area contributed by atoms with E-state index >= 15 is 0 Å². The molecule has 0 radical (unpaired) electrons. The summed E-state index contributed by atoms with van der Waals surface area (Å²) in [5.41, 5.74) is 6.95. The number of nitrogens with two attached hydrogens (primary N) is 1. The lowest BCUT2D eigenvalue weighted by atomic mass is 10.1. The van der Waals surface area contributed by atoms with Gasteiger partial charge in [-0.15, -0.1) is 0 Å². The molecule has 0 aliphatic carbocycles. The van der Waals surface area contributed by atoms with Crippen LogP contribution < -0.4 is 5.73 Å². The molecule has 1 aromatic rings. The van der Waals surface area contributed by atoms with Gasteiger partial charge in [0.2, 0.25) is 0 Å². The number of carbonyl (C=O) groups is 1. The van der Waals surface area contributed by atoms with Gasteiger partial charge in [-0.05, 0) is 17.7 Å². The van der Waals surface area contributed by atoms with Crippen molar-refractivity contribution < 1.29 is 9.53 Å². The van der Waals surface area contributed by atoms with Crippen LogP contribution in [0.2, 0.25) is 0 Å². The number of hydrogen-bond donors (Lipinski definition) is 1. The van der Waals surface area contributed by atoms with E-state index in [2.05, 4.69) is 4.74 Å². The van der Waals surface area contributed by atoms with Gasteiger partial charge < -0.3 is 10.5 Å². The largest absolute Gasteiger partial charge is 0.465 e. The van der Waals surface area contributed by atoms with Crippen molar-refractivity contribution in [2.75, 3.05) is 7.11 Å². The highest BCUT2D eigenvalue weighted by atomic mass is 16.5. The molecule has 2 N–H and O–H groups in total. The highest BCUT2D eigenvalue weighted by Gasteiger charge is 2.02. The zero-order chi connectivity index (χ0) is 11.0. The Balaban J connectivity index is 0.000000791. The Bertz CT molecular complexity index is 267. The average molecular weight is 195 g/mol. The maximum Gasteiger partial charge on any atom is 0.337 e. The SMILES string of the molecule is CC.COC(=O)c1ccc(CN)cc1. The van der Waals surface area contributed by atoms with Gasteiger partial charge in [-0.3, -0.25) is 0 Å². The normalized spacial score (nSPS) is 8.57. The number of hydrogen-bond acceptors (Lipinski definition) is 3. The second kappa shape index (κ2) is 7.09. The molecule has 0 heterocycles. The monoisotopic (exact) mass is 195 g/mol.